The molecule has 0 aliphatic heterocycles. The molecule has 0 unspecified atom stereocenters. The second kappa shape index (κ2) is 7.86. The predicted molar refractivity (Wildman–Crippen MR) is 129 cm³/mol. The Hall–Kier alpha value is -2.54. The Balaban J connectivity index is 0.00000231. The molecule has 1 heterocycles. The van der Waals surface area contributed by atoms with Crippen molar-refractivity contribution < 1.29 is 20.1 Å². The van der Waals surface area contributed by atoms with Crippen LogP contribution in [0.4, 0.5) is 0 Å². The van der Waals surface area contributed by atoms with Crippen molar-refractivity contribution in [2.24, 2.45) is 0 Å². The maximum Gasteiger partial charge on any atom is 0.0607 e. The fourth-order valence-electron chi connectivity index (χ4n) is 4.41. The van der Waals surface area contributed by atoms with E-state index in [1.165, 1.54) is 44.3 Å². The molecule has 1 radical (unpaired) electrons. The summed E-state index contributed by atoms with van der Waals surface area (Å²) in [6, 6.07) is 23.0. The Morgan fingerprint density at radius 2 is 1.52 bits per heavy atom. The van der Waals surface area contributed by atoms with E-state index in [0.29, 0.717) is 0 Å². The molecule has 1 aliphatic rings. The summed E-state index contributed by atoms with van der Waals surface area (Å²) in [6.07, 6.45) is 4.46. The number of hydrogen-bond donors (Lipinski definition) is 0. The molecule has 0 saturated carbocycles. The van der Waals surface area contributed by atoms with Crippen LogP contribution in [0, 0.1) is 19.9 Å². The summed E-state index contributed by atoms with van der Waals surface area (Å²) in [5.41, 5.74) is 12.2. The zero-order valence-electron chi connectivity index (χ0n) is 18.6. The van der Waals surface area contributed by atoms with Gasteiger partial charge >= 0.3 is 0 Å². The van der Waals surface area contributed by atoms with E-state index in [-0.39, 0.29) is 25.5 Å². The van der Waals surface area contributed by atoms with E-state index >= 15 is 0 Å². The number of rotatable bonds is 2. The smallest absolute Gasteiger partial charge is 0.0607 e. The zero-order valence-corrected chi connectivity index (χ0v) is 21.0. The molecule has 1 nitrogen and oxygen atoms in total. The van der Waals surface area contributed by atoms with Gasteiger partial charge in [0.1, 0.15) is 0 Å². The number of pyridine rings is 1. The average molecular weight is 581 g/mol. The molecule has 3 aromatic carbocycles. The Morgan fingerprint density at radius 3 is 2.23 bits per heavy atom. The van der Waals surface area contributed by atoms with Crippen molar-refractivity contribution in [2.75, 3.05) is 0 Å². The van der Waals surface area contributed by atoms with Gasteiger partial charge in [0.2, 0.25) is 0 Å². The zero-order chi connectivity index (χ0) is 21.0. The molecular formula is C29H26IrN-. The molecule has 4 aromatic rings. The maximum atomic E-state index is 5.06. The first-order valence-electron chi connectivity index (χ1n) is 10.6. The fraction of sp³-hybridized carbons (Fsp3) is 0.207. The minimum atomic E-state index is 0. The third kappa shape index (κ3) is 3.69. The van der Waals surface area contributed by atoms with Gasteiger partial charge in [-0.2, -0.15) is 0 Å². The van der Waals surface area contributed by atoms with Crippen molar-refractivity contribution in [1.82, 2.24) is 4.98 Å². The molecule has 31 heavy (non-hydrogen) atoms. The molecule has 0 amide bonds. The van der Waals surface area contributed by atoms with Gasteiger partial charge in [-0.25, -0.2) is 0 Å². The summed E-state index contributed by atoms with van der Waals surface area (Å²) < 4.78 is 0. The molecule has 0 saturated heterocycles. The summed E-state index contributed by atoms with van der Waals surface area (Å²) in [5.74, 6) is 0. The molecule has 0 bridgehead atoms. The monoisotopic (exact) mass is 581 g/mol. The van der Waals surface area contributed by atoms with Crippen LogP contribution in [-0.4, -0.2) is 4.98 Å². The van der Waals surface area contributed by atoms with Crippen LogP contribution in [0.5, 0.6) is 0 Å². The third-order valence-corrected chi connectivity index (χ3v) is 6.26. The van der Waals surface area contributed by atoms with E-state index in [1.807, 2.05) is 6.07 Å². The summed E-state index contributed by atoms with van der Waals surface area (Å²) >= 11 is 0. The van der Waals surface area contributed by atoms with Crippen molar-refractivity contribution >= 4 is 23.1 Å². The van der Waals surface area contributed by atoms with Gasteiger partial charge in [-0.05, 0) is 58.8 Å². The molecule has 1 aliphatic carbocycles. The summed E-state index contributed by atoms with van der Waals surface area (Å²) in [5, 5.41) is 1.28. The average Bonchev–Trinajstić information content (AvgIpc) is 3.19. The Kier molecular flexibility index (Phi) is 5.50. The molecule has 157 valence electrons. The van der Waals surface area contributed by atoms with Gasteiger partial charge in [-0.15, -0.1) is 35.4 Å². The van der Waals surface area contributed by atoms with Crippen LogP contribution in [0.15, 0.2) is 54.6 Å². The van der Waals surface area contributed by atoms with Gasteiger partial charge in [0.15, 0.2) is 0 Å². The molecular weight excluding hydrogens is 555 g/mol. The van der Waals surface area contributed by atoms with Gasteiger partial charge in [0.05, 0.1) is 5.52 Å². The van der Waals surface area contributed by atoms with Crippen molar-refractivity contribution in [1.29, 1.82) is 0 Å². The first-order chi connectivity index (χ1) is 14.3. The van der Waals surface area contributed by atoms with Crippen LogP contribution in [0.25, 0.3) is 45.4 Å². The summed E-state index contributed by atoms with van der Waals surface area (Å²) in [4.78, 5) is 5.06. The van der Waals surface area contributed by atoms with E-state index in [4.69, 9.17) is 4.98 Å². The van der Waals surface area contributed by atoms with Crippen molar-refractivity contribution in [3.63, 3.8) is 0 Å². The first kappa shape index (κ1) is 21.7. The SMILES string of the molecule is Cc1ccc2nc(-c3[c-]ccc(-c4ccc(C(C)(C)C)cc4)c3)c(C)c3c2c1C=C3.[Ir]. The van der Waals surface area contributed by atoms with E-state index in [9.17, 15) is 0 Å². The van der Waals surface area contributed by atoms with Gasteiger partial charge in [-0.3, -0.25) is 4.98 Å². The van der Waals surface area contributed by atoms with Crippen LogP contribution < -0.4 is 0 Å². The number of aryl methyl sites for hydroxylation is 1. The van der Waals surface area contributed by atoms with Gasteiger partial charge in [0, 0.05) is 25.5 Å². The molecule has 0 fully saturated rings. The molecule has 0 atom stereocenters. The van der Waals surface area contributed by atoms with E-state index in [2.05, 4.69) is 101 Å². The number of benzene rings is 3. The van der Waals surface area contributed by atoms with Crippen molar-refractivity contribution in [3.05, 3.63) is 88.5 Å². The van der Waals surface area contributed by atoms with Crippen molar-refractivity contribution in [3.8, 4) is 22.4 Å². The second-order valence-electron chi connectivity index (χ2n) is 9.34. The van der Waals surface area contributed by atoms with Crippen LogP contribution in [0.2, 0.25) is 0 Å². The third-order valence-electron chi connectivity index (χ3n) is 6.26. The van der Waals surface area contributed by atoms with E-state index in [0.717, 1.165) is 16.8 Å². The van der Waals surface area contributed by atoms with Crippen LogP contribution >= 0.6 is 0 Å². The Bertz CT molecular complexity index is 1320. The van der Waals surface area contributed by atoms with E-state index in [1.54, 1.807) is 0 Å². The predicted octanol–water partition coefficient (Wildman–Crippen LogP) is 7.76. The Labute approximate surface area is 198 Å². The quantitative estimate of drug-likeness (QED) is 0.195. The van der Waals surface area contributed by atoms with Crippen molar-refractivity contribution in [2.45, 2.75) is 40.0 Å². The molecule has 5 rings (SSSR count). The summed E-state index contributed by atoms with van der Waals surface area (Å²) in [7, 11) is 0. The molecule has 2 heteroatoms. The number of hydrogen-bond acceptors (Lipinski definition) is 1. The van der Waals surface area contributed by atoms with Crippen LogP contribution in [-0.2, 0) is 25.5 Å². The maximum absolute atomic E-state index is 5.06. The molecule has 0 spiro atoms. The van der Waals surface area contributed by atoms with Crippen LogP contribution in [0.1, 0.15) is 48.6 Å². The molecule has 1 aromatic heterocycles. The minimum Gasteiger partial charge on any atom is -0.296 e. The topological polar surface area (TPSA) is 12.9 Å². The summed E-state index contributed by atoms with van der Waals surface area (Å²) in [6.45, 7) is 11.1. The Morgan fingerprint density at radius 1 is 0.806 bits per heavy atom. The first-order valence-corrected chi connectivity index (χ1v) is 10.6. The fourth-order valence-corrected chi connectivity index (χ4v) is 4.41. The second-order valence-corrected chi connectivity index (χ2v) is 9.34. The minimum absolute atomic E-state index is 0. The number of nitrogens with zero attached hydrogens (tertiary/aromatic N) is 1. The van der Waals surface area contributed by atoms with Gasteiger partial charge in [-0.1, -0.05) is 68.8 Å². The van der Waals surface area contributed by atoms with E-state index < -0.39 is 0 Å². The van der Waals surface area contributed by atoms with Crippen LogP contribution in [0.3, 0.4) is 0 Å². The largest absolute Gasteiger partial charge is 0.296 e. The van der Waals surface area contributed by atoms with Gasteiger partial charge < -0.3 is 0 Å². The van der Waals surface area contributed by atoms with Gasteiger partial charge in [0.25, 0.3) is 0 Å². The molecule has 0 N–H and O–H groups in total. The standard InChI is InChI=1S/C29H26N.Ir/c1-18-9-16-26-27-24(18)14-15-25(27)19(2)28(30-26)22-8-6-7-21(17-22)20-10-12-23(13-11-20)29(3,4)5;/h6-7,9-17H,1-5H3;/q-1;. The normalized spacial score (nSPS) is 12.3. The number of aromatic nitrogens is 1.